The molecule has 0 bridgehead atoms. The van der Waals surface area contributed by atoms with E-state index >= 15 is 0 Å². The van der Waals surface area contributed by atoms with Crippen molar-refractivity contribution in [2.45, 2.75) is 38.3 Å². The van der Waals surface area contributed by atoms with E-state index < -0.39 is 0 Å². The second-order valence-electron chi connectivity index (χ2n) is 5.80. The highest BCUT2D eigenvalue weighted by Gasteiger charge is 2.25. The van der Waals surface area contributed by atoms with Crippen LogP contribution in [0.25, 0.3) is 0 Å². The summed E-state index contributed by atoms with van der Waals surface area (Å²) in [5.74, 6) is 0.233. The number of nitrogens with one attached hydrogen (secondary N) is 1. The van der Waals surface area contributed by atoms with Gasteiger partial charge >= 0.3 is 0 Å². The third-order valence-corrected chi connectivity index (χ3v) is 4.10. The summed E-state index contributed by atoms with van der Waals surface area (Å²) in [4.78, 5) is 2.35. The van der Waals surface area contributed by atoms with Crippen LogP contribution in [0.4, 0.5) is 0 Å². The fraction of sp³-hybridized carbons (Fsp3) is 0.588. The maximum Gasteiger partial charge on any atom is 0.0672 e. The zero-order valence-electron chi connectivity index (χ0n) is 12.4. The average molecular weight is 271 g/mol. The summed E-state index contributed by atoms with van der Waals surface area (Å²) in [6, 6.07) is 13.4. The number of benzene rings is 1. The van der Waals surface area contributed by atoms with Gasteiger partial charge in [-0.15, -0.1) is 0 Å². The predicted octanol–water partition coefficient (Wildman–Crippen LogP) is 2.79. The van der Waals surface area contributed by atoms with E-state index in [1.54, 1.807) is 0 Å². The summed E-state index contributed by atoms with van der Waals surface area (Å²) in [5.41, 5.74) is 1.36. The van der Waals surface area contributed by atoms with Gasteiger partial charge in [0.25, 0.3) is 0 Å². The first-order chi connectivity index (χ1) is 9.79. The Bertz CT molecular complexity index is 424. The molecule has 0 aliphatic heterocycles. The molecule has 1 fully saturated rings. The fourth-order valence-corrected chi connectivity index (χ4v) is 2.97. The van der Waals surface area contributed by atoms with Crippen molar-refractivity contribution in [1.82, 2.24) is 10.2 Å². The van der Waals surface area contributed by atoms with E-state index in [2.05, 4.69) is 53.7 Å². The second-order valence-corrected chi connectivity index (χ2v) is 5.80. The Balaban J connectivity index is 1.60. The lowest BCUT2D eigenvalue weighted by Gasteiger charge is -2.19. The molecule has 3 heteroatoms. The van der Waals surface area contributed by atoms with Crippen LogP contribution in [0.1, 0.15) is 31.2 Å². The molecule has 20 heavy (non-hydrogen) atoms. The van der Waals surface area contributed by atoms with E-state index in [1.165, 1.54) is 12.0 Å². The molecule has 1 aromatic rings. The first-order valence-corrected chi connectivity index (χ1v) is 7.65. The highest BCUT2D eigenvalue weighted by atomic mass is 15.1. The molecule has 2 rings (SSSR count). The lowest BCUT2D eigenvalue weighted by molar-refractivity contribution is 0.314. The Morgan fingerprint density at radius 1 is 1.30 bits per heavy atom. The van der Waals surface area contributed by atoms with Crippen LogP contribution in [-0.2, 0) is 6.54 Å². The molecule has 3 nitrogen and oxygen atoms in total. The molecule has 0 spiro atoms. The maximum atomic E-state index is 9.05. The fourth-order valence-electron chi connectivity index (χ4n) is 2.97. The first kappa shape index (κ1) is 15.0. The second kappa shape index (κ2) is 8.04. The minimum absolute atomic E-state index is 0.233. The summed E-state index contributed by atoms with van der Waals surface area (Å²) < 4.78 is 0. The SMILES string of the molecule is CN(CCCNC1CCCC1C#N)Cc1ccccc1. The van der Waals surface area contributed by atoms with Crippen molar-refractivity contribution in [3.05, 3.63) is 35.9 Å². The Morgan fingerprint density at radius 3 is 2.85 bits per heavy atom. The molecular weight excluding hydrogens is 246 g/mol. The van der Waals surface area contributed by atoms with Crippen molar-refractivity contribution in [2.24, 2.45) is 5.92 Å². The molecule has 1 N–H and O–H groups in total. The number of nitriles is 1. The van der Waals surface area contributed by atoms with Gasteiger partial charge in [0.2, 0.25) is 0 Å². The van der Waals surface area contributed by atoms with Crippen LogP contribution in [-0.4, -0.2) is 31.1 Å². The summed E-state index contributed by atoms with van der Waals surface area (Å²) in [5, 5.41) is 12.6. The van der Waals surface area contributed by atoms with E-state index in [0.29, 0.717) is 6.04 Å². The van der Waals surface area contributed by atoms with Crippen LogP contribution in [0.2, 0.25) is 0 Å². The number of nitrogens with zero attached hydrogens (tertiary/aromatic N) is 2. The van der Waals surface area contributed by atoms with Gasteiger partial charge in [-0.1, -0.05) is 36.8 Å². The standard InChI is InChI=1S/C17H25N3/c1-20(14-15-7-3-2-4-8-15)12-6-11-19-17-10-5-9-16(17)13-18/h2-4,7-8,16-17,19H,5-6,9-12,14H2,1H3. The van der Waals surface area contributed by atoms with Gasteiger partial charge in [-0.25, -0.2) is 0 Å². The Hall–Kier alpha value is -1.37. The average Bonchev–Trinajstić information content (AvgIpc) is 2.92. The molecule has 2 unspecified atom stereocenters. The third-order valence-electron chi connectivity index (χ3n) is 4.10. The third kappa shape index (κ3) is 4.63. The van der Waals surface area contributed by atoms with Crippen LogP contribution < -0.4 is 5.32 Å². The van der Waals surface area contributed by atoms with Crippen molar-refractivity contribution in [3.63, 3.8) is 0 Å². The Kier molecular flexibility index (Phi) is 6.04. The lowest BCUT2D eigenvalue weighted by atomic mass is 10.1. The van der Waals surface area contributed by atoms with Gasteiger partial charge in [0.15, 0.2) is 0 Å². The minimum Gasteiger partial charge on any atom is -0.313 e. The van der Waals surface area contributed by atoms with E-state index in [1.807, 2.05) is 0 Å². The van der Waals surface area contributed by atoms with Crippen molar-refractivity contribution < 1.29 is 0 Å². The molecule has 0 heterocycles. The molecule has 1 aliphatic rings. The largest absolute Gasteiger partial charge is 0.313 e. The van der Waals surface area contributed by atoms with Crippen LogP contribution in [0.3, 0.4) is 0 Å². The minimum atomic E-state index is 0.233. The van der Waals surface area contributed by atoms with Crippen molar-refractivity contribution in [2.75, 3.05) is 20.1 Å². The van der Waals surface area contributed by atoms with Gasteiger partial charge in [-0.05, 0) is 45.0 Å². The van der Waals surface area contributed by atoms with Crippen LogP contribution in [0, 0.1) is 17.2 Å². The number of rotatable bonds is 7. The molecule has 1 saturated carbocycles. The zero-order valence-corrected chi connectivity index (χ0v) is 12.4. The highest BCUT2D eigenvalue weighted by molar-refractivity contribution is 5.14. The van der Waals surface area contributed by atoms with Crippen molar-refractivity contribution >= 4 is 0 Å². The first-order valence-electron chi connectivity index (χ1n) is 7.65. The van der Waals surface area contributed by atoms with Crippen LogP contribution in [0.5, 0.6) is 0 Å². The summed E-state index contributed by atoms with van der Waals surface area (Å²) >= 11 is 0. The van der Waals surface area contributed by atoms with Gasteiger partial charge in [0, 0.05) is 12.6 Å². The molecule has 108 valence electrons. The number of hydrogen-bond acceptors (Lipinski definition) is 3. The van der Waals surface area contributed by atoms with Gasteiger partial charge < -0.3 is 10.2 Å². The van der Waals surface area contributed by atoms with E-state index in [0.717, 1.165) is 38.9 Å². The topological polar surface area (TPSA) is 39.1 Å². The quantitative estimate of drug-likeness (QED) is 0.775. The number of hydrogen-bond donors (Lipinski definition) is 1. The lowest BCUT2D eigenvalue weighted by Crippen LogP contribution is -2.34. The Labute approximate surface area is 122 Å². The molecule has 1 aliphatic carbocycles. The molecule has 0 aromatic heterocycles. The smallest absolute Gasteiger partial charge is 0.0672 e. The van der Waals surface area contributed by atoms with E-state index in [9.17, 15) is 0 Å². The van der Waals surface area contributed by atoms with Gasteiger partial charge in [0.05, 0.1) is 12.0 Å². The normalized spacial score (nSPS) is 22.1. The van der Waals surface area contributed by atoms with E-state index in [4.69, 9.17) is 5.26 Å². The highest BCUT2D eigenvalue weighted by Crippen LogP contribution is 2.24. The predicted molar refractivity (Wildman–Crippen MR) is 82.1 cm³/mol. The van der Waals surface area contributed by atoms with Crippen LogP contribution >= 0.6 is 0 Å². The summed E-state index contributed by atoms with van der Waals surface area (Å²) in [6.07, 6.45) is 4.57. The van der Waals surface area contributed by atoms with Gasteiger partial charge in [-0.2, -0.15) is 5.26 Å². The maximum absolute atomic E-state index is 9.05. The van der Waals surface area contributed by atoms with Gasteiger partial charge in [-0.3, -0.25) is 0 Å². The molecule has 1 aromatic carbocycles. The van der Waals surface area contributed by atoms with Crippen molar-refractivity contribution in [3.8, 4) is 6.07 Å². The molecule has 0 radical (unpaired) electrons. The molecular formula is C17H25N3. The molecule has 0 amide bonds. The Morgan fingerprint density at radius 2 is 2.10 bits per heavy atom. The van der Waals surface area contributed by atoms with E-state index in [-0.39, 0.29) is 5.92 Å². The zero-order chi connectivity index (χ0) is 14.2. The van der Waals surface area contributed by atoms with Crippen molar-refractivity contribution in [1.29, 1.82) is 5.26 Å². The van der Waals surface area contributed by atoms with Gasteiger partial charge in [0.1, 0.15) is 0 Å². The van der Waals surface area contributed by atoms with Crippen LogP contribution in [0.15, 0.2) is 30.3 Å². The summed E-state index contributed by atoms with van der Waals surface area (Å²) in [7, 11) is 2.17. The summed E-state index contributed by atoms with van der Waals surface area (Å²) in [6.45, 7) is 3.11. The molecule has 2 atom stereocenters. The monoisotopic (exact) mass is 271 g/mol. The molecule has 0 saturated heterocycles.